The van der Waals surface area contributed by atoms with Crippen LogP contribution in [0.2, 0.25) is 0 Å². The van der Waals surface area contributed by atoms with E-state index < -0.39 is 6.29 Å². The minimum Gasteiger partial charge on any atom is -0.368 e. The highest BCUT2D eigenvalue weighted by atomic mass is 16.6. The van der Waals surface area contributed by atoms with Gasteiger partial charge in [-0.15, -0.1) is 0 Å². The maximum atomic E-state index is 10.0. The van der Waals surface area contributed by atoms with Gasteiger partial charge in [0.1, 0.15) is 0 Å². The van der Waals surface area contributed by atoms with Crippen LogP contribution in [0, 0.1) is 11.3 Å². The van der Waals surface area contributed by atoms with Crippen molar-refractivity contribution in [3.8, 4) is 0 Å². The molecule has 1 rings (SSSR count). The summed E-state index contributed by atoms with van der Waals surface area (Å²) in [6.07, 6.45) is 6.80. The van der Waals surface area contributed by atoms with Gasteiger partial charge in [0.25, 0.3) is 0 Å². The lowest BCUT2D eigenvalue weighted by atomic mass is 9.85. The van der Waals surface area contributed by atoms with Crippen molar-refractivity contribution in [2.75, 3.05) is 0 Å². The van der Waals surface area contributed by atoms with Crippen molar-refractivity contribution in [2.45, 2.75) is 78.6 Å². The summed E-state index contributed by atoms with van der Waals surface area (Å²) >= 11 is 0. The Hall–Kier alpha value is -0.0800. The molecule has 0 spiro atoms. The van der Waals surface area contributed by atoms with Crippen LogP contribution in [0.25, 0.3) is 0 Å². The lowest BCUT2D eigenvalue weighted by molar-refractivity contribution is -0.173. The second kappa shape index (κ2) is 6.02. The molecular weight excluding hydrogens is 200 g/mol. The van der Waals surface area contributed by atoms with Gasteiger partial charge in [-0.25, -0.2) is 0 Å². The first-order valence-corrected chi connectivity index (χ1v) is 6.72. The molecule has 0 radical (unpaired) electrons. The third-order valence-corrected chi connectivity index (χ3v) is 3.31. The lowest BCUT2D eigenvalue weighted by Gasteiger charge is -2.30. The average Bonchev–Trinajstić information content (AvgIpc) is 2.16. The summed E-state index contributed by atoms with van der Waals surface area (Å²) in [6.45, 7) is 8.70. The van der Waals surface area contributed by atoms with Crippen LogP contribution in [0.5, 0.6) is 0 Å². The minimum absolute atomic E-state index is 0.224. The smallest absolute Gasteiger partial charge is 0.157 e. The fourth-order valence-corrected chi connectivity index (χ4v) is 2.60. The highest BCUT2D eigenvalue weighted by molar-refractivity contribution is 4.71. The van der Waals surface area contributed by atoms with Crippen LogP contribution >= 0.6 is 0 Å². The van der Waals surface area contributed by atoms with E-state index in [1.807, 2.05) is 0 Å². The first-order valence-electron chi connectivity index (χ1n) is 6.72. The molecule has 96 valence electrons. The number of rotatable bonds is 4. The molecule has 2 nitrogen and oxygen atoms in total. The molecule has 1 N–H and O–H groups in total. The van der Waals surface area contributed by atoms with E-state index in [0.29, 0.717) is 6.10 Å². The second-order valence-corrected chi connectivity index (χ2v) is 6.53. The molecule has 2 unspecified atom stereocenters. The standard InChI is InChI=1S/C14H28O2/c1-11(10-14(2,3)4)13(15)16-12-8-6-5-7-9-12/h11-13,15H,5-10H2,1-4H3. The Morgan fingerprint density at radius 2 is 1.75 bits per heavy atom. The molecule has 1 aliphatic rings. The molecule has 0 aromatic carbocycles. The normalized spacial score (nSPS) is 23.1. The molecule has 1 aliphatic carbocycles. The molecule has 0 saturated heterocycles. The van der Waals surface area contributed by atoms with Crippen LogP contribution in [0.1, 0.15) is 66.2 Å². The summed E-state index contributed by atoms with van der Waals surface area (Å²) in [5, 5.41) is 10.0. The summed E-state index contributed by atoms with van der Waals surface area (Å²) in [5.74, 6) is 0.224. The van der Waals surface area contributed by atoms with Gasteiger partial charge in [0.05, 0.1) is 6.10 Å². The molecule has 1 saturated carbocycles. The van der Waals surface area contributed by atoms with Crippen LogP contribution in [-0.2, 0) is 4.74 Å². The maximum Gasteiger partial charge on any atom is 0.157 e. The van der Waals surface area contributed by atoms with E-state index in [1.165, 1.54) is 19.3 Å². The molecule has 0 amide bonds. The van der Waals surface area contributed by atoms with Crippen molar-refractivity contribution in [3.05, 3.63) is 0 Å². The molecule has 2 heteroatoms. The first kappa shape index (κ1) is 14.0. The fraction of sp³-hybridized carbons (Fsp3) is 1.00. The molecule has 2 atom stereocenters. The van der Waals surface area contributed by atoms with E-state index in [-0.39, 0.29) is 11.3 Å². The predicted molar refractivity (Wildman–Crippen MR) is 67.2 cm³/mol. The van der Waals surface area contributed by atoms with Crippen molar-refractivity contribution >= 4 is 0 Å². The van der Waals surface area contributed by atoms with Gasteiger partial charge in [-0.05, 0) is 24.7 Å². The van der Waals surface area contributed by atoms with E-state index in [9.17, 15) is 5.11 Å². The van der Waals surface area contributed by atoms with Gasteiger partial charge >= 0.3 is 0 Å². The van der Waals surface area contributed by atoms with Crippen LogP contribution < -0.4 is 0 Å². The zero-order valence-electron chi connectivity index (χ0n) is 11.3. The highest BCUT2D eigenvalue weighted by Gasteiger charge is 2.25. The quantitative estimate of drug-likeness (QED) is 0.743. The third kappa shape index (κ3) is 5.31. The fourth-order valence-electron chi connectivity index (χ4n) is 2.60. The summed E-state index contributed by atoms with van der Waals surface area (Å²) in [6, 6.07) is 0. The van der Waals surface area contributed by atoms with Gasteiger partial charge in [0.15, 0.2) is 6.29 Å². The van der Waals surface area contributed by atoms with Gasteiger partial charge < -0.3 is 9.84 Å². The summed E-state index contributed by atoms with van der Waals surface area (Å²) < 4.78 is 5.75. The Labute approximate surface area is 100 Å². The third-order valence-electron chi connectivity index (χ3n) is 3.31. The van der Waals surface area contributed by atoms with E-state index in [2.05, 4.69) is 27.7 Å². The Bertz CT molecular complexity index is 189. The van der Waals surface area contributed by atoms with Crippen molar-refractivity contribution in [1.82, 2.24) is 0 Å². The Morgan fingerprint density at radius 1 is 1.19 bits per heavy atom. The monoisotopic (exact) mass is 228 g/mol. The second-order valence-electron chi connectivity index (χ2n) is 6.53. The molecule has 1 fully saturated rings. The predicted octanol–water partition coefficient (Wildman–Crippen LogP) is 3.73. The topological polar surface area (TPSA) is 29.5 Å². The molecule has 16 heavy (non-hydrogen) atoms. The molecule has 0 aromatic heterocycles. The number of hydrogen-bond donors (Lipinski definition) is 1. The van der Waals surface area contributed by atoms with E-state index in [4.69, 9.17) is 4.74 Å². The lowest BCUT2D eigenvalue weighted by Crippen LogP contribution is -2.30. The van der Waals surface area contributed by atoms with Crippen LogP contribution in [0.15, 0.2) is 0 Å². The van der Waals surface area contributed by atoms with Crippen molar-refractivity contribution in [2.24, 2.45) is 11.3 Å². The Morgan fingerprint density at radius 3 is 2.25 bits per heavy atom. The van der Waals surface area contributed by atoms with Gasteiger partial charge in [-0.2, -0.15) is 0 Å². The van der Waals surface area contributed by atoms with E-state index in [1.54, 1.807) is 0 Å². The largest absolute Gasteiger partial charge is 0.368 e. The summed E-state index contributed by atoms with van der Waals surface area (Å²) in [5.41, 5.74) is 0.260. The number of aliphatic hydroxyl groups excluding tert-OH is 1. The number of hydrogen-bond acceptors (Lipinski definition) is 2. The highest BCUT2D eigenvalue weighted by Crippen LogP contribution is 2.28. The van der Waals surface area contributed by atoms with Crippen molar-refractivity contribution in [1.29, 1.82) is 0 Å². The van der Waals surface area contributed by atoms with Gasteiger partial charge in [-0.3, -0.25) is 0 Å². The van der Waals surface area contributed by atoms with Crippen LogP contribution in [0.4, 0.5) is 0 Å². The SMILES string of the molecule is CC(CC(C)(C)C)C(O)OC1CCCCC1. The van der Waals surface area contributed by atoms with Crippen LogP contribution in [0.3, 0.4) is 0 Å². The van der Waals surface area contributed by atoms with Gasteiger partial charge in [0, 0.05) is 5.92 Å². The zero-order valence-corrected chi connectivity index (χ0v) is 11.3. The first-order chi connectivity index (χ1) is 7.38. The van der Waals surface area contributed by atoms with Gasteiger partial charge in [-0.1, -0.05) is 47.0 Å². The molecule has 0 aliphatic heterocycles. The van der Waals surface area contributed by atoms with Crippen molar-refractivity contribution in [3.63, 3.8) is 0 Å². The molecule has 0 aromatic rings. The molecule has 0 bridgehead atoms. The number of ether oxygens (including phenoxy) is 1. The summed E-state index contributed by atoms with van der Waals surface area (Å²) in [7, 11) is 0. The van der Waals surface area contributed by atoms with Crippen LogP contribution in [-0.4, -0.2) is 17.5 Å². The zero-order chi connectivity index (χ0) is 12.2. The van der Waals surface area contributed by atoms with E-state index >= 15 is 0 Å². The summed E-state index contributed by atoms with van der Waals surface area (Å²) in [4.78, 5) is 0. The van der Waals surface area contributed by atoms with E-state index in [0.717, 1.165) is 19.3 Å². The Kier molecular flexibility index (Phi) is 5.26. The van der Waals surface area contributed by atoms with Crippen molar-refractivity contribution < 1.29 is 9.84 Å². The van der Waals surface area contributed by atoms with Gasteiger partial charge in [0.2, 0.25) is 0 Å². The Balaban J connectivity index is 2.29. The molecule has 0 heterocycles. The molecular formula is C14H28O2. The average molecular weight is 228 g/mol. The number of aliphatic hydroxyl groups is 1. The minimum atomic E-state index is -0.581. The maximum absolute atomic E-state index is 10.0.